The predicted molar refractivity (Wildman–Crippen MR) is 105 cm³/mol. The van der Waals surface area contributed by atoms with Crippen molar-refractivity contribution in [3.05, 3.63) is 66.5 Å². The summed E-state index contributed by atoms with van der Waals surface area (Å²) >= 11 is 0. The maximum atomic E-state index is 11.8. The summed E-state index contributed by atoms with van der Waals surface area (Å²) in [6.45, 7) is 6.50. The van der Waals surface area contributed by atoms with E-state index in [1.807, 2.05) is 6.92 Å². The van der Waals surface area contributed by atoms with Gasteiger partial charge >= 0.3 is 11.8 Å². The Hall–Kier alpha value is -3.68. The second-order valence-corrected chi connectivity index (χ2v) is 5.48. The van der Waals surface area contributed by atoms with Crippen LogP contribution >= 0.6 is 0 Å². The summed E-state index contributed by atoms with van der Waals surface area (Å²) in [6.07, 6.45) is 6.28. The summed E-state index contributed by atoms with van der Waals surface area (Å²) in [5.74, 6) is -0.521. The van der Waals surface area contributed by atoms with Gasteiger partial charge in [0.2, 0.25) is 0 Å². The van der Waals surface area contributed by atoms with Crippen LogP contribution in [-0.4, -0.2) is 36.2 Å². The highest BCUT2D eigenvalue weighted by molar-refractivity contribution is 6.35. The molecule has 0 saturated carbocycles. The van der Waals surface area contributed by atoms with E-state index in [1.54, 1.807) is 48.8 Å². The quantitative estimate of drug-likeness (QED) is 0.298. The Kier molecular flexibility index (Phi) is 8.19. The third-order valence-corrected chi connectivity index (χ3v) is 3.39. The van der Waals surface area contributed by atoms with Crippen LogP contribution in [0.25, 0.3) is 0 Å². The van der Waals surface area contributed by atoms with Crippen LogP contribution in [0.5, 0.6) is 11.5 Å². The lowest BCUT2D eigenvalue weighted by molar-refractivity contribution is -0.139. The highest BCUT2D eigenvalue weighted by atomic mass is 16.5. The first-order valence-electron chi connectivity index (χ1n) is 8.64. The molecule has 8 nitrogen and oxygen atoms in total. The van der Waals surface area contributed by atoms with E-state index >= 15 is 0 Å². The first-order valence-corrected chi connectivity index (χ1v) is 8.64. The van der Waals surface area contributed by atoms with Crippen LogP contribution < -0.4 is 20.2 Å². The molecule has 2 N–H and O–H groups in total. The van der Waals surface area contributed by atoms with Gasteiger partial charge in [-0.25, -0.2) is 5.43 Å². The van der Waals surface area contributed by atoms with E-state index in [4.69, 9.17) is 9.47 Å². The molecular formula is C20H22N4O4. The highest BCUT2D eigenvalue weighted by Crippen LogP contribution is 2.28. The monoisotopic (exact) mass is 382 g/mol. The lowest BCUT2D eigenvalue weighted by Gasteiger charge is -2.11. The van der Waals surface area contributed by atoms with Gasteiger partial charge in [-0.3, -0.25) is 14.6 Å². The molecule has 0 fully saturated rings. The molecule has 1 aromatic heterocycles. The molecule has 0 aliphatic rings. The molecule has 0 radical (unpaired) electrons. The molecule has 2 amide bonds. The molecule has 8 heteroatoms. The molecule has 2 aromatic rings. The summed E-state index contributed by atoms with van der Waals surface area (Å²) in [7, 11) is 0. The van der Waals surface area contributed by atoms with Crippen LogP contribution in [0.3, 0.4) is 0 Å². The molecule has 1 heterocycles. The highest BCUT2D eigenvalue weighted by Gasteiger charge is 2.12. The Morgan fingerprint density at radius 2 is 2.07 bits per heavy atom. The average Bonchev–Trinajstić information content (AvgIpc) is 2.72. The van der Waals surface area contributed by atoms with Crippen molar-refractivity contribution in [2.24, 2.45) is 5.10 Å². The van der Waals surface area contributed by atoms with Crippen molar-refractivity contribution in [2.45, 2.75) is 13.5 Å². The van der Waals surface area contributed by atoms with Crippen molar-refractivity contribution in [1.29, 1.82) is 0 Å². The van der Waals surface area contributed by atoms with E-state index in [2.05, 4.69) is 27.4 Å². The van der Waals surface area contributed by atoms with Crippen molar-refractivity contribution < 1.29 is 19.1 Å². The Balaban J connectivity index is 1.89. The van der Waals surface area contributed by atoms with Gasteiger partial charge in [0.05, 0.1) is 12.8 Å². The Bertz CT molecular complexity index is 837. The Morgan fingerprint density at radius 3 is 2.79 bits per heavy atom. The maximum absolute atomic E-state index is 11.8. The fraction of sp³-hybridized carbons (Fsp3) is 0.200. The number of hydrogen-bond acceptors (Lipinski definition) is 6. The standard InChI is InChI=1S/C20H22N4O4/c1-3-10-28-17-8-7-15(11-18(17)27-4-2)14-23-24-20(26)19(25)22-13-16-6-5-9-21-12-16/h3,5-9,11-12,14H,1,4,10,13H2,2H3,(H,22,25)(H,24,26)/b23-14+. The van der Waals surface area contributed by atoms with Gasteiger partial charge < -0.3 is 14.8 Å². The number of benzene rings is 1. The second-order valence-electron chi connectivity index (χ2n) is 5.48. The topological polar surface area (TPSA) is 102 Å². The predicted octanol–water partition coefficient (Wildman–Crippen LogP) is 1.81. The van der Waals surface area contributed by atoms with Crippen molar-refractivity contribution in [3.8, 4) is 11.5 Å². The zero-order valence-corrected chi connectivity index (χ0v) is 15.6. The zero-order chi connectivity index (χ0) is 20.2. The van der Waals surface area contributed by atoms with Crippen LogP contribution in [0.4, 0.5) is 0 Å². The Labute approximate surface area is 163 Å². The zero-order valence-electron chi connectivity index (χ0n) is 15.6. The van der Waals surface area contributed by atoms with Gasteiger partial charge in [-0.2, -0.15) is 5.10 Å². The Morgan fingerprint density at radius 1 is 1.21 bits per heavy atom. The van der Waals surface area contributed by atoms with Crippen LogP contribution in [0.15, 0.2) is 60.5 Å². The number of hydrogen-bond donors (Lipinski definition) is 2. The van der Waals surface area contributed by atoms with Gasteiger partial charge in [-0.05, 0) is 42.3 Å². The number of carbonyl (C=O) groups is 2. The van der Waals surface area contributed by atoms with Crippen molar-refractivity contribution in [2.75, 3.05) is 13.2 Å². The van der Waals surface area contributed by atoms with Crippen molar-refractivity contribution >= 4 is 18.0 Å². The van der Waals surface area contributed by atoms with Gasteiger partial charge in [0, 0.05) is 18.9 Å². The molecule has 0 bridgehead atoms. The average molecular weight is 382 g/mol. The van der Waals surface area contributed by atoms with Gasteiger partial charge in [0.25, 0.3) is 0 Å². The third-order valence-electron chi connectivity index (χ3n) is 3.39. The second kappa shape index (κ2) is 11.1. The van der Waals surface area contributed by atoms with Crippen LogP contribution in [0.2, 0.25) is 0 Å². The molecule has 28 heavy (non-hydrogen) atoms. The van der Waals surface area contributed by atoms with Crippen molar-refractivity contribution in [3.63, 3.8) is 0 Å². The number of nitrogens with zero attached hydrogens (tertiary/aromatic N) is 2. The molecule has 2 rings (SSSR count). The minimum Gasteiger partial charge on any atom is -0.490 e. The summed E-state index contributed by atoms with van der Waals surface area (Å²) < 4.78 is 11.1. The number of rotatable bonds is 9. The molecule has 0 unspecified atom stereocenters. The molecule has 1 aromatic carbocycles. The fourth-order valence-electron chi connectivity index (χ4n) is 2.12. The van der Waals surface area contributed by atoms with Crippen LogP contribution in [0, 0.1) is 0 Å². The number of ether oxygens (including phenoxy) is 2. The smallest absolute Gasteiger partial charge is 0.329 e. The fourth-order valence-corrected chi connectivity index (χ4v) is 2.12. The number of nitrogens with one attached hydrogen (secondary N) is 2. The van der Waals surface area contributed by atoms with Gasteiger partial charge in [-0.1, -0.05) is 18.7 Å². The number of pyridine rings is 1. The van der Waals surface area contributed by atoms with E-state index in [1.165, 1.54) is 6.21 Å². The summed E-state index contributed by atoms with van der Waals surface area (Å²) in [5, 5.41) is 6.29. The largest absolute Gasteiger partial charge is 0.490 e. The van der Waals surface area contributed by atoms with E-state index in [0.717, 1.165) is 5.56 Å². The number of aromatic nitrogens is 1. The number of carbonyl (C=O) groups excluding carboxylic acids is 2. The number of hydrazone groups is 1. The van der Waals surface area contributed by atoms with Gasteiger partial charge in [0.1, 0.15) is 6.61 Å². The van der Waals surface area contributed by atoms with E-state index in [0.29, 0.717) is 30.3 Å². The molecule has 0 spiro atoms. The first-order chi connectivity index (χ1) is 13.6. The summed E-state index contributed by atoms with van der Waals surface area (Å²) in [5.41, 5.74) is 3.64. The van der Waals surface area contributed by atoms with Gasteiger partial charge in [-0.15, -0.1) is 0 Å². The molecule has 0 atom stereocenters. The lowest BCUT2D eigenvalue weighted by atomic mass is 10.2. The maximum Gasteiger partial charge on any atom is 0.329 e. The molecular weight excluding hydrogens is 360 g/mol. The normalized spacial score (nSPS) is 10.3. The van der Waals surface area contributed by atoms with Gasteiger partial charge in [0.15, 0.2) is 11.5 Å². The summed E-state index contributed by atoms with van der Waals surface area (Å²) in [6, 6.07) is 8.75. The van der Waals surface area contributed by atoms with E-state index in [-0.39, 0.29) is 6.54 Å². The first kappa shape index (κ1) is 20.6. The van der Waals surface area contributed by atoms with Crippen molar-refractivity contribution in [1.82, 2.24) is 15.7 Å². The summed E-state index contributed by atoms with van der Waals surface area (Å²) in [4.78, 5) is 27.5. The minimum absolute atomic E-state index is 0.202. The molecule has 0 aliphatic heterocycles. The lowest BCUT2D eigenvalue weighted by Crippen LogP contribution is -2.37. The molecule has 0 aliphatic carbocycles. The third kappa shape index (κ3) is 6.56. The van der Waals surface area contributed by atoms with E-state index in [9.17, 15) is 9.59 Å². The minimum atomic E-state index is -0.865. The SMILES string of the molecule is C=CCOc1ccc(/C=N/NC(=O)C(=O)NCc2cccnc2)cc1OCC. The molecule has 146 valence electrons. The van der Waals surface area contributed by atoms with Crippen LogP contribution in [-0.2, 0) is 16.1 Å². The number of amides is 2. The molecule has 0 saturated heterocycles. The van der Waals surface area contributed by atoms with E-state index < -0.39 is 11.8 Å². The van der Waals surface area contributed by atoms with Crippen LogP contribution in [0.1, 0.15) is 18.1 Å².